The van der Waals surface area contributed by atoms with Crippen molar-refractivity contribution in [3.05, 3.63) is 53.6 Å². The lowest BCUT2D eigenvalue weighted by Gasteiger charge is -2.28. The minimum absolute atomic E-state index is 0.108. The van der Waals surface area contributed by atoms with E-state index < -0.39 is 26.4 Å². The van der Waals surface area contributed by atoms with Gasteiger partial charge in [0.2, 0.25) is 11.8 Å². The van der Waals surface area contributed by atoms with Crippen molar-refractivity contribution in [3.63, 3.8) is 0 Å². The first-order chi connectivity index (χ1) is 14.7. The smallest absolute Gasteiger partial charge is 0.246 e. The fourth-order valence-electron chi connectivity index (χ4n) is 3.92. The Hall–Kier alpha value is -2.87. The fraction of sp³-hybridized carbons (Fsp3) is 0.391. The number of anilines is 1. The van der Waals surface area contributed by atoms with Crippen LogP contribution in [0.25, 0.3) is 0 Å². The molecule has 2 aromatic carbocycles. The van der Waals surface area contributed by atoms with Crippen molar-refractivity contribution in [2.24, 2.45) is 5.73 Å². The summed E-state index contributed by atoms with van der Waals surface area (Å²) in [5.74, 6) is -0.429. The summed E-state index contributed by atoms with van der Waals surface area (Å²) in [6.45, 7) is 3.76. The number of benzene rings is 2. The summed E-state index contributed by atoms with van der Waals surface area (Å²) in [5.41, 5.74) is 7.05. The Morgan fingerprint density at radius 1 is 1.06 bits per heavy atom. The van der Waals surface area contributed by atoms with Gasteiger partial charge in [0, 0.05) is 5.69 Å². The number of hydrogen-bond acceptors (Lipinski definition) is 5. The molecule has 1 fully saturated rings. The van der Waals surface area contributed by atoms with Crippen LogP contribution in [0.3, 0.4) is 0 Å². The van der Waals surface area contributed by atoms with Gasteiger partial charge in [-0.25, -0.2) is 8.42 Å². The first kappa shape index (κ1) is 22.8. The number of nitrogens with two attached hydrogens (primary N) is 1. The van der Waals surface area contributed by atoms with Crippen LogP contribution in [0.2, 0.25) is 0 Å². The maximum absolute atomic E-state index is 13.7. The molecule has 166 valence electrons. The van der Waals surface area contributed by atoms with Crippen LogP contribution in [0.15, 0.2) is 47.4 Å². The molecule has 8 heteroatoms. The Kier molecular flexibility index (Phi) is 6.69. The zero-order valence-electron chi connectivity index (χ0n) is 17.8. The molecular weight excluding hydrogens is 416 g/mol. The summed E-state index contributed by atoms with van der Waals surface area (Å²) in [6.07, 6.45) is 2.07. The third-order valence-electron chi connectivity index (χ3n) is 5.70. The summed E-state index contributed by atoms with van der Waals surface area (Å²) in [5, 5.41) is 2.79. The van der Waals surface area contributed by atoms with Crippen LogP contribution in [-0.2, 0) is 19.4 Å². The lowest BCUT2D eigenvalue weighted by molar-refractivity contribution is -0.119. The summed E-state index contributed by atoms with van der Waals surface area (Å²) in [4.78, 5) is 24.3. The SMILES string of the molecule is Cc1ccc(C)c(S(=O)(=O)C2(C(=O)Nc3ccc(OCCC(N)=O)cc3)CCCC2)c1. The van der Waals surface area contributed by atoms with Crippen LogP contribution in [0.4, 0.5) is 5.69 Å². The van der Waals surface area contributed by atoms with E-state index >= 15 is 0 Å². The molecule has 0 aromatic heterocycles. The van der Waals surface area contributed by atoms with E-state index in [-0.39, 0.29) is 17.9 Å². The number of aryl methyl sites for hydroxylation is 2. The molecular formula is C23H28N2O5S. The molecule has 0 heterocycles. The topological polar surface area (TPSA) is 116 Å². The number of carbonyl (C=O) groups is 2. The van der Waals surface area contributed by atoms with Crippen molar-refractivity contribution in [2.75, 3.05) is 11.9 Å². The molecule has 0 unspecified atom stereocenters. The van der Waals surface area contributed by atoms with E-state index in [1.54, 1.807) is 43.3 Å². The fourth-order valence-corrected chi connectivity index (χ4v) is 6.30. The number of amides is 2. The Balaban J connectivity index is 1.82. The Morgan fingerprint density at radius 2 is 1.71 bits per heavy atom. The minimum atomic E-state index is -3.88. The van der Waals surface area contributed by atoms with Crippen molar-refractivity contribution in [1.29, 1.82) is 0 Å². The van der Waals surface area contributed by atoms with Crippen molar-refractivity contribution in [3.8, 4) is 5.75 Å². The molecule has 7 nitrogen and oxygen atoms in total. The molecule has 0 spiro atoms. The number of ether oxygens (including phenoxy) is 1. The van der Waals surface area contributed by atoms with Crippen LogP contribution in [-0.4, -0.2) is 31.6 Å². The summed E-state index contributed by atoms with van der Waals surface area (Å²) in [7, 11) is -3.88. The van der Waals surface area contributed by atoms with Crippen LogP contribution < -0.4 is 15.8 Å². The average Bonchev–Trinajstić information content (AvgIpc) is 3.23. The van der Waals surface area contributed by atoms with E-state index in [4.69, 9.17) is 10.5 Å². The first-order valence-corrected chi connectivity index (χ1v) is 11.8. The maximum Gasteiger partial charge on any atom is 0.246 e. The second-order valence-electron chi connectivity index (χ2n) is 8.02. The van der Waals surface area contributed by atoms with Crippen molar-refractivity contribution in [1.82, 2.24) is 0 Å². The zero-order chi connectivity index (χ0) is 22.6. The predicted molar refractivity (Wildman–Crippen MR) is 119 cm³/mol. The lowest BCUT2D eigenvalue weighted by atomic mass is 10.1. The molecule has 1 aliphatic carbocycles. The molecule has 1 aliphatic rings. The second-order valence-corrected chi connectivity index (χ2v) is 10.2. The largest absolute Gasteiger partial charge is 0.493 e. The second kappa shape index (κ2) is 9.09. The molecule has 0 radical (unpaired) electrons. The van der Waals surface area contributed by atoms with E-state index in [0.717, 1.165) is 5.56 Å². The molecule has 1 saturated carbocycles. The predicted octanol–water partition coefficient (Wildman–Crippen LogP) is 3.28. The van der Waals surface area contributed by atoms with E-state index in [9.17, 15) is 18.0 Å². The van der Waals surface area contributed by atoms with Gasteiger partial charge in [0.25, 0.3) is 0 Å². The van der Waals surface area contributed by atoms with Gasteiger partial charge >= 0.3 is 0 Å². The highest BCUT2D eigenvalue weighted by molar-refractivity contribution is 7.93. The van der Waals surface area contributed by atoms with Gasteiger partial charge in [-0.1, -0.05) is 25.0 Å². The molecule has 31 heavy (non-hydrogen) atoms. The number of sulfone groups is 1. The molecule has 2 amide bonds. The van der Waals surface area contributed by atoms with Gasteiger partial charge in [0.15, 0.2) is 14.6 Å². The Labute approximate surface area is 182 Å². The third kappa shape index (κ3) is 4.74. The van der Waals surface area contributed by atoms with Crippen molar-refractivity contribution in [2.45, 2.75) is 55.6 Å². The molecule has 0 bridgehead atoms. The van der Waals surface area contributed by atoms with Crippen molar-refractivity contribution >= 4 is 27.3 Å². The maximum atomic E-state index is 13.7. The summed E-state index contributed by atoms with van der Waals surface area (Å²) < 4.78 is 31.3. The van der Waals surface area contributed by atoms with E-state index in [1.807, 2.05) is 13.0 Å². The molecule has 0 aliphatic heterocycles. The minimum Gasteiger partial charge on any atom is -0.493 e. The zero-order valence-corrected chi connectivity index (χ0v) is 18.6. The molecule has 0 atom stereocenters. The molecule has 0 saturated heterocycles. The quantitative estimate of drug-likeness (QED) is 0.648. The van der Waals surface area contributed by atoms with E-state index in [1.165, 1.54) is 0 Å². The van der Waals surface area contributed by atoms with Crippen molar-refractivity contribution < 1.29 is 22.7 Å². The van der Waals surface area contributed by atoms with Gasteiger partial charge in [-0.15, -0.1) is 0 Å². The Morgan fingerprint density at radius 3 is 2.32 bits per heavy atom. The lowest BCUT2D eigenvalue weighted by Crippen LogP contribution is -2.47. The van der Waals surface area contributed by atoms with Crippen LogP contribution in [0, 0.1) is 13.8 Å². The highest BCUT2D eigenvalue weighted by Gasteiger charge is 2.53. The number of hydrogen-bond donors (Lipinski definition) is 2. The molecule has 2 aromatic rings. The standard InChI is InChI=1S/C23H28N2O5S/c1-16-5-6-17(2)20(15-16)31(28,29)23(12-3-4-13-23)22(27)25-18-7-9-19(10-8-18)30-14-11-21(24)26/h5-10,15H,3-4,11-14H2,1-2H3,(H2,24,26)(H,25,27). The first-order valence-electron chi connectivity index (χ1n) is 10.3. The molecule has 3 N–H and O–H groups in total. The van der Waals surface area contributed by atoms with Gasteiger partial charge in [0.05, 0.1) is 17.9 Å². The van der Waals surface area contributed by atoms with Gasteiger partial charge < -0.3 is 15.8 Å². The number of carbonyl (C=O) groups excluding carboxylic acids is 2. The Bertz CT molecular complexity index is 1070. The van der Waals surface area contributed by atoms with Crippen LogP contribution >= 0.6 is 0 Å². The number of nitrogens with one attached hydrogen (secondary N) is 1. The summed E-state index contributed by atoms with van der Waals surface area (Å²) >= 11 is 0. The monoisotopic (exact) mass is 444 g/mol. The number of rotatable bonds is 8. The van der Waals surface area contributed by atoms with Gasteiger partial charge in [-0.3, -0.25) is 9.59 Å². The highest BCUT2D eigenvalue weighted by Crippen LogP contribution is 2.42. The summed E-state index contributed by atoms with van der Waals surface area (Å²) in [6, 6.07) is 11.9. The van der Waals surface area contributed by atoms with Gasteiger partial charge in [-0.05, 0) is 68.1 Å². The van der Waals surface area contributed by atoms with Gasteiger partial charge in [0.1, 0.15) is 5.75 Å². The van der Waals surface area contributed by atoms with E-state index in [2.05, 4.69) is 5.32 Å². The van der Waals surface area contributed by atoms with Gasteiger partial charge in [-0.2, -0.15) is 0 Å². The third-order valence-corrected chi connectivity index (χ3v) is 8.34. The van der Waals surface area contributed by atoms with Crippen LogP contribution in [0.5, 0.6) is 5.75 Å². The normalized spacial score (nSPS) is 15.4. The highest BCUT2D eigenvalue weighted by atomic mass is 32.2. The van der Waals surface area contributed by atoms with E-state index in [0.29, 0.717) is 42.7 Å². The van der Waals surface area contributed by atoms with Crippen LogP contribution in [0.1, 0.15) is 43.2 Å². The molecule has 3 rings (SSSR count). The average molecular weight is 445 g/mol. The number of primary amides is 1.